The second-order valence-corrected chi connectivity index (χ2v) is 6.40. The fourth-order valence-electron chi connectivity index (χ4n) is 2.63. The Labute approximate surface area is 164 Å². The number of carbonyl (C=O) groups excluding carboxylic acids is 2. The average Bonchev–Trinajstić information content (AvgIpc) is 2.87. The molecule has 0 saturated carbocycles. The number of benzene rings is 1. The molecule has 0 atom stereocenters. The number of allylic oxidation sites excluding steroid dienone is 2. The Morgan fingerprint density at radius 3 is 2.30 bits per heavy atom. The third-order valence-electron chi connectivity index (χ3n) is 4.11. The maximum absolute atomic E-state index is 12.5. The molecule has 0 saturated heterocycles. The highest BCUT2D eigenvalue weighted by molar-refractivity contribution is 9.10. The van der Waals surface area contributed by atoms with E-state index in [1.54, 1.807) is 19.9 Å². The molecule has 0 radical (unpaired) electrons. The van der Waals surface area contributed by atoms with Gasteiger partial charge in [0.05, 0.1) is 24.7 Å². The summed E-state index contributed by atoms with van der Waals surface area (Å²) >= 11 is 3.31. The van der Waals surface area contributed by atoms with Gasteiger partial charge >= 0.3 is 11.9 Å². The van der Waals surface area contributed by atoms with Crippen molar-refractivity contribution in [2.45, 2.75) is 13.8 Å². The molecule has 1 aromatic rings. The highest BCUT2D eigenvalue weighted by Gasteiger charge is 2.33. The largest absolute Gasteiger partial charge is 0.465 e. The zero-order chi connectivity index (χ0) is 20.3. The van der Waals surface area contributed by atoms with Crippen molar-refractivity contribution in [1.82, 2.24) is 0 Å². The predicted octanol–water partition coefficient (Wildman–Crippen LogP) is 3.46. The molecule has 142 valence electrons. The van der Waals surface area contributed by atoms with Gasteiger partial charge in [0.2, 0.25) is 0 Å². The Balaban J connectivity index is 2.91. The van der Waals surface area contributed by atoms with E-state index < -0.39 is 16.9 Å². The van der Waals surface area contributed by atoms with Gasteiger partial charge in [-0.25, -0.2) is 9.59 Å². The normalized spacial score (nSPS) is 13.4. The fraction of sp³-hybridized carbons (Fsp3) is 0.222. The standard InChI is InChI=1S/C18H17BrN2O6/c1-10-11(2)15(14(21(24)25)9-13(10)19)20-8-6-5-7-12(17(22)26-3)16(20)18(23)27-4/h5-9H,1-4H3. The molecule has 1 aromatic carbocycles. The lowest BCUT2D eigenvalue weighted by Gasteiger charge is -2.25. The third kappa shape index (κ3) is 3.77. The Bertz CT molecular complexity index is 917. The number of anilines is 1. The molecule has 1 aliphatic rings. The number of methoxy groups -OCH3 is 2. The summed E-state index contributed by atoms with van der Waals surface area (Å²) in [6, 6.07) is 1.36. The zero-order valence-electron chi connectivity index (χ0n) is 15.1. The maximum atomic E-state index is 12.5. The molecule has 0 amide bonds. The van der Waals surface area contributed by atoms with Crippen LogP contribution in [0.2, 0.25) is 0 Å². The molecule has 0 fully saturated rings. The molecule has 1 aliphatic heterocycles. The van der Waals surface area contributed by atoms with E-state index in [2.05, 4.69) is 15.9 Å². The molecule has 27 heavy (non-hydrogen) atoms. The molecule has 0 spiro atoms. The van der Waals surface area contributed by atoms with Crippen molar-refractivity contribution >= 4 is 39.2 Å². The van der Waals surface area contributed by atoms with Crippen LogP contribution in [0.5, 0.6) is 0 Å². The van der Waals surface area contributed by atoms with Gasteiger partial charge in [0.15, 0.2) is 0 Å². The fourth-order valence-corrected chi connectivity index (χ4v) is 3.14. The molecule has 0 aliphatic carbocycles. The first-order chi connectivity index (χ1) is 12.7. The Morgan fingerprint density at radius 1 is 1.11 bits per heavy atom. The Kier molecular flexibility index (Phi) is 6.17. The van der Waals surface area contributed by atoms with Crippen molar-refractivity contribution in [2.24, 2.45) is 0 Å². The first kappa shape index (κ1) is 20.4. The average molecular weight is 437 g/mol. The Hall–Kier alpha value is -2.94. The van der Waals surface area contributed by atoms with Crippen LogP contribution in [0.25, 0.3) is 0 Å². The summed E-state index contributed by atoms with van der Waals surface area (Å²) in [5.74, 6) is -1.60. The molecule has 2 rings (SSSR count). The molecule has 8 nitrogen and oxygen atoms in total. The number of esters is 2. The highest BCUT2D eigenvalue weighted by Crippen LogP contribution is 2.40. The van der Waals surface area contributed by atoms with Gasteiger partial charge in [0.25, 0.3) is 5.69 Å². The number of hydrogen-bond donors (Lipinski definition) is 0. The zero-order valence-corrected chi connectivity index (χ0v) is 16.7. The van der Waals surface area contributed by atoms with Gasteiger partial charge < -0.3 is 14.4 Å². The first-order valence-corrected chi connectivity index (χ1v) is 8.53. The topological polar surface area (TPSA) is 99.0 Å². The van der Waals surface area contributed by atoms with Gasteiger partial charge in [-0.3, -0.25) is 10.1 Å². The van der Waals surface area contributed by atoms with E-state index in [-0.39, 0.29) is 22.6 Å². The number of rotatable bonds is 4. The molecule has 9 heteroatoms. The minimum Gasteiger partial charge on any atom is -0.465 e. The van der Waals surface area contributed by atoms with E-state index in [1.807, 2.05) is 0 Å². The van der Waals surface area contributed by atoms with E-state index in [9.17, 15) is 19.7 Å². The lowest BCUT2D eigenvalue weighted by Crippen LogP contribution is -2.28. The number of nitro groups is 1. The van der Waals surface area contributed by atoms with Crippen LogP contribution < -0.4 is 4.90 Å². The van der Waals surface area contributed by atoms with E-state index in [1.165, 1.54) is 36.4 Å². The van der Waals surface area contributed by atoms with Crippen molar-refractivity contribution in [1.29, 1.82) is 0 Å². The third-order valence-corrected chi connectivity index (χ3v) is 4.93. The summed E-state index contributed by atoms with van der Waals surface area (Å²) in [4.78, 5) is 37.1. The van der Waals surface area contributed by atoms with E-state index in [4.69, 9.17) is 9.47 Å². The van der Waals surface area contributed by atoms with Gasteiger partial charge in [-0.2, -0.15) is 0 Å². The van der Waals surface area contributed by atoms with Gasteiger partial charge in [-0.1, -0.05) is 22.0 Å². The predicted molar refractivity (Wildman–Crippen MR) is 102 cm³/mol. The lowest BCUT2D eigenvalue weighted by atomic mass is 10.0. The van der Waals surface area contributed by atoms with Crippen LogP contribution in [0.1, 0.15) is 11.1 Å². The second kappa shape index (κ2) is 8.17. The number of ether oxygens (including phenoxy) is 2. The van der Waals surface area contributed by atoms with Gasteiger partial charge in [0.1, 0.15) is 11.4 Å². The molecular weight excluding hydrogens is 420 g/mol. The van der Waals surface area contributed by atoms with Crippen LogP contribution >= 0.6 is 15.9 Å². The van der Waals surface area contributed by atoms with Crippen molar-refractivity contribution in [3.8, 4) is 0 Å². The van der Waals surface area contributed by atoms with Gasteiger partial charge in [-0.15, -0.1) is 0 Å². The minimum atomic E-state index is -0.833. The van der Waals surface area contributed by atoms with Gasteiger partial charge in [0, 0.05) is 16.7 Å². The summed E-state index contributed by atoms with van der Waals surface area (Å²) in [5.41, 5.74) is 0.980. The van der Waals surface area contributed by atoms with Crippen molar-refractivity contribution in [3.05, 3.63) is 67.5 Å². The molecule has 0 aromatic heterocycles. The summed E-state index contributed by atoms with van der Waals surface area (Å²) in [6.07, 6.45) is 5.93. The lowest BCUT2D eigenvalue weighted by molar-refractivity contribution is -0.384. The van der Waals surface area contributed by atoms with Crippen LogP contribution in [0, 0.1) is 24.0 Å². The molecule has 0 unspecified atom stereocenters. The summed E-state index contributed by atoms with van der Waals surface area (Å²) in [5, 5.41) is 11.7. The molecule has 1 heterocycles. The molecule has 0 bridgehead atoms. The minimum absolute atomic E-state index is 0.0800. The SMILES string of the molecule is COC(=O)C1=C(C(=O)OC)N(c2c([N+](=O)[O-])cc(Br)c(C)c2C)C=CC=C1. The van der Waals surface area contributed by atoms with E-state index >= 15 is 0 Å². The highest BCUT2D eigenvalue weighted by atomic mass is 79.9. The first-order valence-electron chi connectivity index (χ1n) is 7.73. The summed E-state index contributed by atoms with van der Waals surface area (Å²) in [7, 11) is 2.34. The summed E-state index contributed by atoms with van der Waals surface area (Å²) in [6.45, 7) is 3.48. The van der Waals surface area contributed by atoms with Crippen LogP contribution in [0.3, 0.4) is 0 Å². The second-order valence-electron chi connectivity index (χ2n) is 5.55. The van der Waals surface area contributed by atoms with Crippen LogP contribution in [0.15, 0.2) is 46.2 Å². The monoisotopic (exact) mass is 436 g/mol. The summed E-state index contributed by atoms with van der Waals surface area (Å²) < 4.78 is 10.1. The number of carbonyl (C=O) groups is 2. The van der Waals surface area contributed by atoms with E-state index in [0.29, 0.717) is 10.0 Å². The molecule has 0 N–H and O–H groups in total. The number of hydrogen-bond acceptors (Lipinski definition) is 7. The number of halogens is 1. The van der Waals surface area contributed by atoms with Crippen LogP contribution in [-0.2, 0) is 19.1 Å². The maximum Gasteiger partial charge on any atom is 0.355 e. The van der Waals surface area contributed by atoms with Crippen LogP contribution in [0.4, 0.5) is 11.4 Å². The van der Waals surface area contributed by atoms with Gasteiger partial charge in [-0.05, 0) is 37.1 Å². The molecular formula is C18H17BrN2O6. The van der Waals surface area contributed by atoms with Crippen molar-refractivity contribution < 1.29 is 24.0 Å². The number of nitro benzene ring substituents is 1. The Morgan fingerprint density at radius 2 is 1.74 bits per heavy atom. The van der Waals surface area contributed by atoms with Crippen molar-refractivity contribution in [2.75, 3.05) is 19.1 Å². The van der Waals surface area contributed by atoms with E-state index in [0.717, 1.165) is 12.7 Å². The van der Waals surface area contributed by atoms with Crippen LogP contribution in [-0.4, -0.2) is 31.1 Å². The van der Waals surface area contributed by atoms with Crippen molar-refractivity contribution in [3.63, 3.8) is 0 Å². The quantitative estimate of drug-likeness (QED) is 0.404. The smallest absolute Gasteiger partial charge is 0.355 e. The number of nitrogens with zero attached hydrogens (tertiary/aromatic N) is 2.